The molecule has 4 N–H and O–H groups in total. The maximum absolute atomic E-state index is 10.8. The summed E-state index contributed by atoms with van der Waals surface area (Å²) in [6, 6.07) is 4.75. The van der Waals surface area contributed by atoms with E-state index in [1.165, 1.54) is 6.07 Å². The molecule has 0 bridgehead atoms. The number of nitrogens with one attached hydrogen (secondary N) is 1. The Bertz CT molecular complexity index is 462. The maximum atomic E-state index is 10.8. The lowest BCUT2D eigenvalue weighted by molar-refractivity contribution is -0.384. The summed E-state index contributed by atoms with van der Waals surface area (Å²) < 4.78 is 0. The molecule has 0 aromatic heterocycles. The number of aliphatic hydroxyl groups excluding tert-OH is 1. The topological polar surface area (TPSA) is 105 Å². The molecule has 0 unspecified atom stereocenters. The zero-order valence-electron chi connectivity index (χ0n) is 11.4. The lowest BCUT2D eigenvalue weighted by Gasteiger charge is -2.33. The Kier molecular flexibility index (Phi) is 4.82. The smallest absolute Gasteiger partial charge is 0.293 e. The summed E-state index contributed by atoms with van der Waals surface area (Å²) in [4.78, 5) is 12.3. The highest BCUT2D eigenvalue weighted by molar-refractivity contribution is 5.62. The van der Waals surface area contributed by atoms with E-state index in [0.717, 1.165) is 5.56 Å². The van der Waals surface area contributed by atoms with Crippen LogP contribution in [0.25, 0.3) is 0 Å². The molecule has 0 heterocycles. The number of benzene rings is 1. The van der Waals surface area contributed by atoms with Crippen molar-refractivity contribution in [3.05, 3.63) is 33.9 Å². The molecule has 7 heteroatoms. The first kappa shape index (κ1) is 15.4. The van der Waals surface area contributed by atoms with Gasteiger partial charge in [-0.25, -0.2) is 0 Å². The maximum Gasteiger partial charge on any atom is 0.293 e. The second-order valence-corrected chi connectivity index (χ2v) is 5.08. The molecule has 0 aliphatic carbocycles. The van der Waals surface area contributed by atoms with E-state index >= 15 is 0 Å². The predicted octanol–water partition coefficient (Wildman–Crippen LogP) is 1.08. The van der Waals surface area contributed by atoms with Crippen molar-refractivity contribution in [2.45, 2.75) is 25.9 Å². The van der Waals surface area contributed by atoms with Crippen molar-refractivity contribution >= 4 is 11.4 Å². The fourth-order valence-corrected chi connectivity index (χ4v) is 1.56. The molecule has 0 spiro atoms. The first-order valence-corrected chi connectivity index (χ1v) is 5.88. The van der Waals surface area contributed by atoms with Gasteiger partial charge in [0, 0.05) is 18.2 Å². The zero-order chi connectivity index (χ0) is 14.6. The minimum absolute atomic E-state index is 0.0263. The monoisotopic (exact) mass is 268 g/mol. The summed E-state index contributed by atoms with van der Waals surface area (Å²) in [6.07, 6.45) is 0. The van der Waals surface area contributed by atoms with Crippen LogP contribution in [0.15, 0.2) is 18.2 Å². The van der Waals surface area contributed by atoms with Crippen LogP contribution in [0.2, 0.25) is 0 Å². The number of anilines is 1. The van der Waals surface area contributed by atoms with Gasteiger partial charge in [-0.3, -0.25) is 20.9 Å². The van der Waals surface area contributed by atoms with E-state index in [0.29, 0.717) is 6.54 Å². The van der Waals surface area contributed by atoms with Gasteiger partial charge in [-0.15, -0.1) is 0 Å². The fourth-order valence-electron chi connectivity index (χ4n) is 1.56. The van der Waals surface area contributed by atoms with Crippen molar-refractivity contribution in [2.75, 3.05) is 19.1 Å². The minimum atomic E-state index is -0.486. The molecule has 19 heavy (non-hydrogen) atoms. The van der Waals surface area contributed by atoms with Gasteiger partial charge in [0.2, 0.25) is 0 Å². The Morgan fingerprint density at radius 3 is 2.63 bits per heavy atom. The number of hydrogen-bond donors (Lipinski definition) is 3. The van der Waals surface area contributed by atoms with Crippen molar-refractivity contribution in [3.63, 3.8) is 0 Å². The third-order valence-electron chi connectivity index (χ3n) is 3.25. The molecular formula is C12H20N4O3. The van der Waals surface area contributed by atoms with Crippen molar-refractivity contribution in [3.8, 4) is 0 Å². The summed E-state index contributed by atoms with van der Waals surface area (Å²) in [5.74, 6) is 5.29. The largest absolute Gasteiger partial charge is 0.394 e. The van der Waals surface area contributed by atoms with Crippen LogP contribution >= 0.6 is 0 Å². The van der Waals surface area contributed by atoms with Crippen molar-refractivity contribution in [1.82, 2.24) is 4.90 Å². The van der Waals surface area contributed by atoms with Gasteiger partial charge in [-0.05, 0) is 32.5 Å². The molecule has 7 nitrogen and oxygen atoms in total. The lowest BCUT2D eigenvalue weighted by Crippen LogP contribution is -2.43. The van der Waals surface area contributed by atoms with Crippen LogP contribution in [-0.4, -0.2) is 34.1 Å². The van der Waals surface area contributed by atoms with Crippen molar-refractivity contribution < 1.29 is 10.0 Å². The number of aliphatic hydroxyl groups is 1. The summed E-state index contributed by atoms with van der Waals surface area (Å²) in [5.41, 5.74) is 3.06. The Hall–Kier alpha value is -1.70. The molecule has 0 saturated carbocycles. The average Bonchev–Trinajstić information content (AvgIpc) is 2.38. The van der Waals surface area contributed by atoms with Gasteiger partial charge in [0.15, 0.2) is 0 Å². The first-order chi connectivity index (χ1) is 8.81. The first-order valence-electron chi connectivity index (χ1n) is 5.88. The summed E-state index contributed by atoms with van der Waals surface area (Å²) >= 11 is 0. The van der Waals surface area contributed by atoms with Gasteiger partial charge in [0.05, 0.1) is 11.5 Å². The standard InChI is InChI=1S/C12H20N4O3/c1-12(2,8-17)15(3)7-9-4-5-11(16(18)19)10(6-9)14-13/h4-6,14,17H,7-8,13H2,1-3H3. The molecule has 0 aliphatic rings. The Balaban J connectivity index is 2.95. The molecule has 1 aromatic carbocycles. The van der Waals surface area contributed by atoms with Gasteiger partial charge in [-0.2, -0.15) is 0 Å². The van der Waals surface area contributed by atoms with Crippen LogP contribution in [0, 0.1) is 10.1 Å². The lowest BCUT2D eigenvalue weighted by atomic mass is 10.0. The van der Waals surface area contributed by atoms with E-state index in [9.17, 15) is 15.2 Å². The van der Waals surface area contributed by atoms with Gasteiger partial charge in [0.1, 0.15) is 5.69 Å². The second-order valence-electron chi connectivity index (χ2n) is 5.08. The molecule has 0 fully saturated rings. The number of nitro groups is 1. The quantitative estimate of drug-likeness (QED) is 0.405. The Morgan fingerprint density at radius 1 is 1.53 bits per heavy atom. The van der Waals surface area contributed by atoms with Gasteiger partial charge in [0.25, 0.3) is 5.69 Å². The molecule has 0 atom stereocenters. The predicted molar refractivity (Wildman–Crippen MR) is 73.5 cm³/mol. The van der Waals surface area contributed by atoms with Crippen LogP contribution < -0.4 is 11.3 Å². The van der Waals surface area contributed by atoms with Gasteiger partial charge in [-0.1, -0.05) is 6.07 Å². The molecule has 0 amide bonds. The molecular weight excluding hydrogens is 248 g/mol. The van der Waals surface area contributed by atoms with Crippen LogP contribution in [0.1, 0.15) is 19.4 Å². The van der Waals surface area contributed by atoms with E-state index in [1.54, 1.807) is 12.1 Å². The molecule has 0 aliphatic heterocycles. The summed E-state index contributed by atoms with van der Waals surface area (Å²) in [6.45, 7) is 4.42. The number of nitrogens with zero attached hydrogens (tertiary/aromatic N) is 2. The highest BCUT2D eigenvalue weighted by Crippen LogP contribution is 2.26. The van der Waals surface area contributed by atoms with Crippen LogP contribution in [0.4, 0.5) is 11.4 Å². The number of nitro benzene ring substituents is 1. The van der Waals surface area contributed by atoms with E-state index < -0.39 is 4.92 Å². The number of likely N-dealkylation sites (N-methyl/N-ethyl adjacent to an activating group) is 1. The third kappa shape index (κ3) is 3.63. The van der Waals surface area contributed by atoms with E-state index in [4.69, 9.17) is 5.84 Å². The van der Waals surface area contributed by atoms with E-state index in [-0.39, 0.29) is 23.5 Å². The molecule has 106 valence electrons. The highest BCUT2D eigenvalue weighted by Gasteiger charge is 2.23. The number of nitrogens with two attached hydrogens (primary N) is 1. The molecule has 1 rings (SSSR count). The second kappa shape index (κ2) is 5.96. The van der Waals surface area contributed by atoms with Gasteiger partial charge < -0.3 is 10.5 Å². The summed E-state index contributed by atoms with van der Waals surface area (Å²) in [5, 5.41) is 20.1. The zero-order valence-corrected chi connectivity index (χ0v) is 11.4. The van der Waals surface area contributed by atoms with Crippen molar-refractivity contribution in [1.29, 1.82) is 0 Å². The Morgan fingerprint density at radius 2 is 2.16 bits per heavy atom. The fraction of sp³-hybridized carbons (Fsp3) is 0.500. The average molecular weight is 268 g/mol. The molecule has 1 aromatic rings. The summed E-state index contributed by atoms with van der Waals surface area (Å²) in [7, 11) is 1.88. The van der Waals surface area contributed by atoms with E-state index in [2.05, 4.69) is 5.43 Å². The van der Waals surface area contributed by atoms with E-state index in [1.807, 2.05) is 25.8 Å². The number of hydrazine groups is 1. The van der Waals surface area contributed by atoms with Crippen LogP contribution in [0.5, 0.6) is 0 Å². The minimum Gasteiger partial charge on any atom is -0.394 e. The van der Waals surface area contributed by atoms with Crippen LogP contribution in [-0.2, 0) is 6.54 Å². The molecule has 0 saturated heterocycles. The highest BCUT2D eigenvalue weighted by atomic mass is 16.6. The number of hydrogen-bond acceptors (Lipinski definition) is 6. The number of rotatable bonds is 6. The van der Waals surface area contributed by atoms with Crippen LogP contribution in [0.3, 0.4) is 0 Å². The van der Waals surface area contributed by atoms with Crippen molar-refractivity contribution in [2.24, 2.45) is 5.84 Å². The Labute approximate surface area is 112 Å². The number of nitrogen functional groups attached to an aromatic ring is 1. The third-order valence-corrected chi connectivity index (χ3v) is 3.25. The SMILES string of the molecule is CN(Cc1ccc([N+](=O)[O-])c(NN)c1)C(C)(C)CO. The normalized spacial score (nSPS) is 11.7. The van der Waals surface area contributed by atoms with Gasteiger partial charge >= 0.3 is 0 Å². The molecule has 0 radical (unpaired) electrons.